The van der Waals surface area contributed by atoms with E-state index in [1.165, 1.54) is 0 Å². The number of amides is 1. The summed E-state index contributed by atoms with van der Waals surface area (Å²) in [6, 6.07) is 0. The van der Waals surface area contributed by atoms with Crippen molar-refractivity contribution in [1.82, 2.24) is 19.9 Å². The van der Waals surface area contributed by atoms with Crippen molar-refractivity contribution in [2.24, 2.45) is 11.8 Å². The van der Waals surface area contributed by atoms with Crippen molar-refractivity contribution < 1.29 is 9.32 Å². The highest BCUT2D eigenvalue weighted by molar-refractivity contribution is 7.09. The molecule has 2 fully saturated rings. The van der Waals surface area contributed by atoms with Gasteiger partial charge in [-0.15, -0.1) is 11.3 Å². The molecule has 2 saturated heterocycles. The van der Waals surface area contributed by atoms with Gasteiger partial charge in [0.25, 0.3) is 0 Å². The van der Waals surface area contributed by atoms with Gasteiger partial charge >= 0.3 is 0 Å². The summed E-state index contributed by atoms with van der Waals surface area (Å²) in [6.07, 6.45) is 0. The number of hydrogen-bond acceptors (Lipinski definition) is 6. The van der Waals surface area contributed by atoms with Crippen LogP contribution in [0.25, 0.3) is 0 Å². The maximum Gasteiger partial charge on any atom is 0.227 e. The van der Waals surface area contributed by atoms with Gasteiger partial charge in [-0.25, -0.2) is 4.98 Å². The Labute approximate surface area is 145 Å². The second-order valence-electron chi connectivity index (χ2n) is 6.94. The first-order valence-corrected chi connectivity index (χ1v) is 9.23. The SMILES string of the molecule is Cc1nc(CN2C[C@@H]3CN(Cc4c(C)noc4C)C[C@H]3C2=O)cs1. The summed E-state index contributed by atoms with van der Waals surface area (Å²) in [5, 5.41) is 7.14. The largest absolute Gasteiger partial charge is 0.361 e. The summed E-state index contributed by atoms with van der Waals surface area (Å²) >= 11 is 1.64. The van der Waals surface area contributed by atoms with Crippen LogP contribution in [-0.2, 0) is 17.9 Å². The van der Waals surface area contributed by atoms with Gasteiger partial charge in [0.1, 0.15) is 5.76 Å². The molecule has 2 aromatic rings. The first kappa shape index (κ1) is 15.8. The molecule has 0 radical (unpaired) electrons. The quantitative estimate of drug-likeness (QED) is 0.849. The average molecular weight is 346 g/mol. The molecule has 6 nitrogen and oxygen atoms in total. The Hall–Kier alpha value is -1.73. The van der Waals surface area contributed by atoms with Crippen molar-refractivity contribution >= 4 is 17.2 Å². The normalized spacial score (nSPS) is 24.1. The van der Waals surface area contributed by atoms with Gasteiger partial charge < -0.3 is 9.42 Å². The molecule has 0 aliphatic carbocycles. The van der Waals surface area contributed by atoms with E-state index in [1.54, 1.807) is 11.3 Å². The van der Waals surface area contributed by atoms with Crippen LogP contribution in [0.5, 0.6) is 0 Å². The third-order valence-corrected chi connectivity index (χ3v) is 6.01. The number of carbonyl (C=O) groups excluding carboxylic acids is 1. The molecule has 1 amide bonds. The maximum atomic E-state index is 12.7. The minimum Gasteiger partial charge on any atom is -0.361 e. The van der Waals surface area contributed by atoms with Crippen LogP contribution in [0.3, 0.4) is 0 Å². The van der Waals surface area contributed by atoms with Crippen molar-refractivity contribution in [2.45, 2.75) is 33.9 Å². The first-order valence-electron chi connectivity index (χ1n) is 8.35. The molecular formula is C17H22N4O2S. The molecule has 0 bridgehead atoms. The number of thiazole rings is 1. The van der Waals surface area contributed by atoms with E-state index in [1.807, 2.05) is 25.7 Å². The Balaban J connectivity index is 1.39. The van der Waals surface area contributed by atoms with Gasteiger partial charge in [0, 0.05) is 43.0 Å². The van der Waals surface area contributed by atoms with E-state index in [0.717, 1.165) is 53.9 Å². The third kappa shape index (κ3) is 2.75. The first-order chi connectivity index (χ1) is 11.5. The number of hydrogen-bond donors (Lipinski definition) is 0. The van der Waals surface area contributed by atoms with Crippen molar-refractivity contribution in [3.63, 3.8) is 0 Å². The van der Waals surface area contributed by atoms with E-state index in [9.17, 15) is 4.79 Å². The Morgan fingerprint density at radius 1 is 1.25 bits per heavy atom. The van der Waals surface area contributed by atoms with E-state index < -0.39 is 0 Å². The second-order valence-corrected chi connectivity index (χ2v) is 8.00. The van der Waals surface area contributed by atoms with Crippen LogP contribution in [0.1, 0.15) is 27.7 Å². The average Bonchev–Trinajstić information content (AvgIpc) is 3.26. The standard InChI is InChI=1S/C17H22N4O2S/c1-10-15(11(2)23-19-10)7-20-4-13-5-21(17(22)16(13)8-20)6-14-9-24-12(3)18-14/h9,13,16H,4-8H2,1-3H3/t13-,16+/m0/s1. The fourth-order valence-corrected chi connectivity index (χ4v) is 4.54. The maximum absolute atomic E-state index is 12.7. The van der Waals surface area contributed by atoms with Crippen molar-refractivity contribution in [3.05, 3.63) is 33.1 Å². The van der Waals surface area contributed by atoms with Crippen molar-refractivity contribution in [3.8, 4) is 0 Å². The Kier molecular flexibility index (Phi) is 3.92. The summed E-state index contributed by atoms with van der Waals surface area (Å²) in [4.78, 5) is 21.6. The van der Waals surface area contributed by atoms with Gasteiger partial charge in [-0.2, -0.15) is 0 Å². The third-order valence-electron chi connectivity index (χ3n) is 5.18. The second kappa shape index (κ2) is 5.97. The predicted octanol–water partition coefficient (Wildman–Crippen LogP) is 2.15. The lowest BCUT2D eigenvalue weighted by Gasteiger charge is -2.21. The lowest BCUT2D eigenvalue weighted by molar-refractivity contribution is -0.131. The zero-order valence-corrected chi connectivity index (χ0v) is 15.1. The predicted molar refractivity (Wildman–Crippen MR) is 90.5 cm³/mol. The van der Waals surface area contributed by atoms with Crippen LogP contribution in [0.4, 0.5) is 0 Å². The van der Waals surface area contributed by atoms with Gasteiger partial charge in [0.05, 0.1) is 28.9 Å². The molecule has 0 unspecified atom stereocenters. The zero-order chi connectivity index (χ0) is 16.8. The Morgan fingerprint density at radius 2 is 2.08 bits per heavy atom. The van der Waals surface area contributed by atoms with E-state index >= 15 is 0 Å². The molecule has 24 heavy (non-hydrogen) atoms. The van der Waals surface area contributed by atoms with Crippen LogP contribution in [0.2, 0.25) is 0 Å². The summed E-state index contributed by atoms with van der Waals surface area (Å²) in [5.74, 6) is 1.73. The van der Waals surface area contributed by atoms with E-state index in [2.05, 4.69) is 20.4 Å². The number of aryl methyl sites for hydroxylation is 3. The highest BCUT2D eigenvalue weighted by Gasteiger charge is 2.46. The zero-order valence-electron chi connectivity index (χ0n) is 14.3. The van der Waals surface area contributed by atoms with Gasteiger partial charge in [-0.1, -0.05) is 5.16 Å². The molecule has 0 spiro atoms. The minimum atomic E-state index is 0.130. The molecule has 2 aromatic heterocycles. The monoisotopic (exact) mass is 346 g/mol. The number of fused-ring (bicyclic) bond motifs is 1. The van der Waals surface area contributed by atoms with E-state index in [4.69, 9.17) is 4.52 Å². The van der Waals surface area contributed by atoms with Crippen LogP contribution >= 0.6 is 11.3 Å². The molecule has 0 N–H and O–H groups in total. The molecule has 2 aliphatic heterocycles. The Morgan fingerprint density at radius 3 is 2.71 bits per heavy atom. The fourth-order valence-electron chi connectivity index (χ4n) is 3.93. The Bertz CT molecular complexity index is 749. The number of nitrogens with zero attached hydrogens (tertiary/aromatic N) is 4. The number of carbonyl (C=O) groups is 1. The molecule has 2 aliphatic rings. The van der Waals surface area contributed by atoms with Gasteiger partial charge in [0.15, 0.2) is 0 Å². The molecule has 7 heteroatoms. The van der Waals surface area contributed by atoms with E-state index in [0.29, 0.717) is 12.5 Å². The molecule has 0 saturated carbocycles. The fraction of sp³-hybridized carbons (Fsp3) is 0.588. The molecule has 0 aromatic carbocycles. The van der Waals surface area contributed by atoms with Crippen molar-refractivity contribution in [2.75, 3.05) is 19.6 Å². The lowest BCUT2D eigenvalue weighted by Crippen LogP contribution is -2.32. The summed E-state index contributed by atoms with van der Waals surface area (Å²) in [7, 11) is 0. The number of likely N-dealkylation sites (tertiary alicyclic amines) is 2. The topological polar surface area (TPSA) is 62.5 Å². The molecule has 4 heterocycles. The molecule has 4 rings (SSSR count). The lowest BCUT2D eigenvalue weighted by atomic mass is 10.0. The van der Waals surface area contributed by atoms with Crippen LogP contribution in [-0.4, -0.2) is 45.5 Å². The van der Waals surface area contributed by atoms with Gasteiger partial charge in [-0.3, -0.25) is 9.69 Å². The highest BCUT2D eigenvalue weighted by atomic mass is 32.1. The van der Waals surface area contributed by atoms with Gasteiger partial charge in [0.2, 0.25) is 5.91 Å². The van der Waals surface area contributed by atoms with Crippen LogP contribution < -0.4 is 0 Å². The molecule has 2 atom stereocenters. The van der Waals surface area contributed by atoms with Crippen LogP contribution in [0, 0.1) is 32.6 Å². The number of aromatic nitrogens is 2. The van der Waals surface area contributed by atoms with Crippen molar-refractivity contribution in [1.29, 1.82) is 0 Å². The minimum absolute atomic E-state index is 0.130. The summed E-state index contributed by atoms with van der Waals surface area (Å²) in [5.41, 5.74) is 3.13. The van der Waals surface area contributed by atoms with E-state index in [-0.39, 0.29) is 11.8 Å². The highest BCUT2D eigenvalue weighted by Crippen LogP contribution is 2.34. The van der Waals surface area contributed by atoms with Crippen LogP contribution in [0.15, 0.2) is 9.90 Å². The summed E-state index contributed by atoms with van der Waals surface area (Å²) < 4.78 is 5.25. The summed E-state index contributed by atoms with van der Waals surface area (Å²) in [6.45, 7) is 10.1. The number of rotatable bonds is 4. The van der Waals surface area contributed by atoms with Gasteiger partial charge in [-0.05, 0) is 20.8 Å². The smallest absolute Gasteiger partial charge is 0.227 e. The molecule has 128 valence electrons. The molecular weight excluding hydrogens is 324 g/mol.